The molecule has 4 rings (SSSR count). The van der Waals surface area contributed by atoms with Gasteiger partial charge in [-0.2, -0.15) is 0 Å². The molecule has 0 aliphatic rings. The topological polar surface area (TPSA) is 86.2 Å². The zero-order chi connectivity index (χ0) is 22.8. The van der Waals surface area contributed by atoms with Crippen LogP contribution in [0.4, 0.5) is 0 Å². The number of hydrogen-bond donors (Lipinski definition) is 1. The van der Waals surface area contributed by atoms with Crippen LogP contribution in [0.3, 0.4) is 0 Å². The molecule has 0 radical (unpaired) electrons. The van der Waals surface area contributed by atoms with E-state index in [1.165, 1.54) is 0 Å². The molecule has 7 heteroatoms. The molecule has 166 valence electrons. The van der Waals surface area contributed by atoms with E-state index in [1.54, 1.807) is 9.47 Å². The lowest BCUT2D eigenvalue weighted by atomic mass is 10.1. The van der Waals surface area contributed by atoms with Crippen molar-refractivity contribution in [3.63, 3.8) is 0 Å². The number of carbonyl (C=O) groups is 1. The summed E-state index contributed by atoms with van der Waals surface area (Å²) < 4.78 is 3.64. The molecule has 0 bridgehead atoms. The van der Waals surface area contributed by atoms with Crippen LogP contribution < -0.4 is 11.3 Å². The molecule has 0 saturated carbocycles. The normalized spacial score (nSPS) is 12.4. The van der Waals surface area contributed by atoms with E-state index in [0.29, 0.717) is 25.3 Å². The van der Waals surface area contributed by atoms with Gasteiger partial charge in [-0.15, -0.1) is 0 Å². The van der Waals surface area contributed by atoms with Crippen molar-refractivity contribution in [2.45, 2.75) is 33.4 Å². The minimum Gasteiger partial charge on any atom is -0.342 e. The van der Waals surface area contributed by atoms with Gasteiger partial charge in [0.2, 0.25) is 5.91 Å². The van der Waals surface area contributed by atoms with Crippen LogP contribution in [0.2, 0.25) is 0 Å². The molecular weight excluding hydrogens is 402 g/mol. The van der Waals surface area contributed by atoms with Gasteiger partial charge >= 0.3 is 0 Å². The Morgan fingerprint density at radius 2 is 1.72 bits per heavy atom. The number of fused-ring (bicyclic) bond motifs is 2. The summed E-state index contributed by atoms with van der Waals surface area (Å²) in [5.74, 6) is 0.0444. The zero-order valence-corrected chi connectivity index (χ0v) is 18.8. The summed E-state index contributed by atoms with van der Waals surface area (Å²) in [5.41, 5.74) is 9.24. The van der Waals surface area contributed by atoms with E-state index in [-0.39, 0.29) is 24.1 Å². The first-order chi connectivity index (χ1) is 15.5. The van der Waals surface area contributed by atoms with E-state index < -0.39 is 0 Å². The number of para-hydroxylation sites is 3. The van der Waals surface area contributed by atoms with Crippen molar-refractivity contribution in [3.8, 4) is 11.3 Å². The monoisotopic (exact) mass is 431 g/mol. The fourth-order valence-corrected chi connectivity index (χ4v) is 4.26. The molecule has 2 N–H and O–H groups in total. The summed E-state index contributed by atoms with van der Waals surface area (Å²) in [4.78, 5) is 33.0. The summed E-state index contributed by atoms with van der Waals surface area (Å²) in [6, 6.07) is 15.2. The highest BCUT2D eigenvalue weighted by Gasteiger charge is 2.21. The first-order valence-electron chi connectivity index (χ1n) is 11.1. The van der Waals surface area contributed by atoms with Crippen molar-refractivity contribution in [1.82, 2.24) is 19.0 Å². The quantitative estimate of drug-likeness (QED) is 0.486. The number of likely N-dealkylation sites (N-methyl/N-ethyl adjacent to an activating group) is 1. The maximum Gasteiger partial charge on any atom is 0.277 e. The molecule has 0 fully saturated rings. The summed E-state index contributed by atoms with van der Waals surface area (Å²) in [6.45, 7) is 7.76. The lowest BCUT2D eigenvalue weighted by molar-refractivity contribution is -0.131. The van der Waals surface area contributed by atoms with Crippen molar-refractivity contribution in [2.75, 3.05) is 19.6 Å². The van der Waals surface area contributed by atoms with Gasteiger partial charge < -0.3 is 19.8 Å². The predicted molar refractivity (Wildman–Crippen MR) is 129 cm³/mol. The number of benzene rings is 2. The molecule has 1 amide bonds. The molecule has 0 aliphatic carbocycles. The van der Waals surface area contributed by atoms with E-state index in [0.717, 1.165) is 27.5 Å². The fraction of sp³-hybridized carbons (Fsp3) is 0.320. The van der Waals surface area contributed by atoms with Crippen molar-refractivity contribution in [2.24, 2.45) is 5.73 Å². The predicted octanol–water partition coefficient (Wildman–Crippen LogP) is 3.41. The SMILES string of the molecule is CCN(CC)C(=O)Cn1cc(-c2nc3ccccc3n(C(C)CN)c2=O)c2ccccc21. The van der Waals surface area contributed by atoms with Crippen LogP contribution in [0.15, 0.2) is 59.5 Å². The van der Waals surface area contributed by atoms with Crippen LogP contribution in [-0.4, -0.2) is 44.6 Å². The number of rotatable bonds is 7. The number of amides is 1. The molecule has 2 aromatic heterocycles. The highest BCUT2D eigenvalue weighted by atomic mass is 16.2. The second kappa shape index (κ2) is 8.96. The summed E-state index contributed by atoms with van der Waals surface area (Å²) in [6.07, 6.45) is 1.88. The third-order valence-electron chi connectivity index (χ3n) is 6.04. The van der Waals surface area contributed by atoms with Gasteiger partial charge in [-0.05, 0) is 39.0 Å². The minimum absolute atomic E-state index is 0.0444. The molecule has 0 spiro atoms. The largest absolute Gasteiger partial charge is 0.342 e. The molecule has 0 saturated heterocycles. The van der Waals surface area contributed by atoms with Crippen molar-refractivity contribution in [1.29, 1.82) is 0 Å². The first-order valence-corrected chi connectivity index (χ1v) is 11.1. The van der Waals surface area contributed by atoms with Gasteiger partial charge in [-0.25, -0.2) is 4.98 Å². The Labute approximate surface area is 187 Å². The second-order valence-electron chi connectivity index (χ2n) is 7.96. The van der Waals surface area contributed by atoms with Gasteiger partial charge in [0.1, 0.15) is 12.2 Å². The Morgan fingerprint density at radius 1 is 1.06 bits per heavy atom. The number of carbonyl (C=O) groups excluding carboxylic acids is 1. The molecule has 1 unspecified atom stereocenters. The van der Waals surface area contributed by atoms with E-state index in [4.69, 9.17) is 10.7 Å². The highest BCUT2D eigenvalue weighted by molar-refractivity contribution is 5.96. The van der Waals surface area contributed by atoms with Gasteiger partial charge in [0.05, 0.1) is 11.0 Å². The maximum atomic E-state index is 13.6. The van der Waals surface area contributed by atoms with Gasteiger partial charge in [0.25, 0.3) is 5.56 Å². The molecular formula is C25H29N5O2. The second-order valence-corrected chi connectivity index (χ2v) is 7.96. The van der Waals surface area contributed by atoms with Gasteiger partial charge in [-0.1, -0.05) is 30.3 Å². The van der Waals surface area contributed by atoms with Crippen LogP contribution in [0.25, 0.3) is 33.2 Å². The Bertz CT molecular complexity index is 1330. The van der Waals surface area contributed by atoms with Gasteiger partial charge in [0.15, 0.2) is 0 Å². The Kier molecular flexibility index (Phi) is 6.10. The molecule has 32 heavy (non-hydrogen) atoms. The third kappa shape index (κ3) is 3.69. The smallest absolute Gasteiger partial charge is 0.277 e. The number of nitrogens with zero attached hydrogens (tertiary/aromatic N) is 4. The highest BCUT2D eigenvalue weighted by Crippen LogP contribution is 2.29. The van der Waals surface area contributed by atoms with E-state index in [9.17, 15) is 9.59 Å². The third-order valence-corrected chi connectivity index (χ3v) is 6.04. The van der Waals surface area contributed by atoms with Crippen molar-refractivity contribution >= 4 is 27.8 Å². The lowest BCUT2D eigenvalue weighted by Crippen LogP contribution is -2.33. The maximum absolute atomic E-state index is 13.6. The first kappa shape index (κ1) is 21.8. The molecule has 7 nitrogen and oxygen atoms in total. The van der Waals surface area contributed by atoms with Gasteiger partial charge in [-0.3, -0.25) is 9.59 Å². The standard InChI is InChI=1S/C25H29N5O2/c1-4-28(5-2)23(31)16-29-15-19(18-10-6-8-12-21(18)29)24-25(32)30(17(3)14-26)22-13-9-7-11-20(22)27-24/h6-13,15,17H,4-5,14,16,26H2,1-3H3. The molecule has 1 atom stereocenters. The summed E-state index contributed by atoms with van der Waals surface area (Å²) >= 11 is 0. The molecule has 2 heterocycles. The Hall–Kier alpha value is -3.45. The average molecular weight is 432 g/mol. The molecule has 4 aromatic rings. The number of aromatic nitrogens is 3. The average Bonchev–Trinajstić information content (AvgIpc) is 3.17. The van der Waals surface area contributed by atoms with Crippen molar-refractivity contribution in [3.05, 3.63) is 65.1 Å². The van der Waals surface area contributed by atoms with E-state index in [1.807, 2.05) is 80.1 Å². The Balaban J connectivity index is 1.94. The molecule has 2 aromatic carbocycles. The van der Waals surface area contributed by atoms with E-state index in [2.05, 4.69) is 0 Å². The Morgan fingerprint density at radius 3 is 2.41 bits per heavy atom. The van der Waals surface area contributed by atoms with E-state index >= 15 is 0 Å². The number of hydrogen-bond acceptors (Lipinski definition) is 4. The lowest BCUT2D eigenvalue weighted by Gasteiger charge is -2.19. The molecule has 0 aliphatic heterocycles. The minimum atomic E-state index is -0.181. The van der Waals surface area contributed by atoms with Crippen LogP contribution >= 0.6 is 0 Å². The summed E-state index contributed by atoms with van der Waals surface area (Å²) in [5, 5.41) is 0.895. The van der Waals surface area contributed by atoms with Crippen LogP contribution in [-0.2, 0) is 11.3 Å². The van der Waals surface area contributed by atoms with Gasteiger partial charge in [0, 0.05) is 48.3 Å². The number of nitrogens with two attached hydrogens (primary N) is 1. The van der Waals surface area contributed by atoms with Crippen LogP contribution in [0, 0.1) is 0 Å². The van der Waals surface area contributed by atoms with Crippen LogP contribution in [0.1, 0.15) is 26.8 Å². The van der Waals surface area contributed by atoms with Crippen LogP contribution in [0.5, 0.6) is 0 Å². The van der Waals surface area contributed by atoms with Crippen molar-refractivity contribution < 1.29 is 4.79 Å². The summed E-state index contributed by atoms with van der Waals surface area (Å²) in [7, 11) is 0. The zero-order valence-electron chi connectivity index (χ0n) is 18.8. The fourth-order valence-electron chi connectivity index (χ4n) is 4.26.